The molecule has 1 atom stereocenters. The topological polar surface area (TPSA) is 75.2 Å². The molecule has 1 aromatic carbocycles. The lowest BCUT2D eigenvalue weighted by molar-refractivity contribution is 0.109. The van der Waals surface area contributed by atoms with Gasteiger partial charge < -0.3 is 14.8 Å². The lowest BCUT2D eigenvalue weighted by Crippen LogP contribution is -2.18. The average molecular weight is 286 g/mol. The molecule has 2 N–H and O–H groups in total. The SMILES string of the molecule is Cc1ccccc1-c1c(O)nc(CC2CCCO2)[nH]c1=O. The van der Waals surface area contributed by atoms with E-state index in [0.29, 0.717) is 17.8 Å². The third-order valence-electron chi connectivity index (χ3n) is 3.81. The Bertz CT molecular complexity index is 703. The first-order chi connectivity index (χ1) is 10.1. The van der Waals surface area contributed by atoms with Crippen molar-refractivity contribution in [2.45, 2.75) is 32.3 Å². The molecule has 5 nitrogen and oxygen atoms in total. The van der Waals surface area contributed by atoms with Gasteiger partial charge in [-0.1, -0.05) is 24.3 Å². The van der Waals surface area contributed by atoms with Crippen molar-refractivity contribution in [3.8, 4) is 17.0 Å². The summed E-state index contributed by atoms with van der Waals surface area (Å²) >= 11 is 0. The number of aromatic nitrogens is 2. The average Bonchev–Trinajstić information content (AvgIpc) is 2.93. The fourth-order valence-electron chi connectivity index (χ4n) is 2.72. The maximum Gasteiger partial charge on any atom is 0.262 e. The van der Waals surface area contributed by atoms with Crippen LogP contribution in [0.5, 0.6) is 5.88 Å². The molecule has 0 bridgehead atoms. The summed E-state index contributed by atoms with van der Waals surface area (Å²) in [4.78, 5) is 19.2. The van der Waals surface area contributed by atoms with Crippen LogP contribution in [0.2, 0.25) is 0 Å². The predicted molar refractivity (Wildman–Crippen MR) is 79.4 cm³/mol. The van der Waals surface area contributed by atoms with Gasteiger partial charge in [-0.2, -0.15) is 4.98 Å². The van der Waals surface area contributed by atoms with E-state index in [1.54, 1.807) is 6.07 Å². The number of rotatable bonds is 3. The number of aryl methyl sites for hydroxylation is 1. The molecule has 0 amide bonds. The second-order valence-corrected chi connectivity index (χ2v) is 5.37. The van der Waals surface area contributed by atoms with E-state index in [-0.39, 0.29) is 23.1 Å². The van der Waals surface area contributed by atoms with Crippen molar-refractivity contribution in [2.75, 3.05) is 6.61 Å². The van der Waals surface area contributed by atoms with E-state index < -0.39 is 0 Å². The van der Waals surface area contributed by atoms with Gasteiger partial charge in [0.05, 0.1) is 6.10 Å². The Kier molecular flexibility index (Phi) is 3.75. The maximum atomic E-state index is 12.3. The third-order valence-corrected chi connectivity index (χ3v) is 3.81. The van der Waals surface area contributed by atoms with Crippen LogP contribution in [-0.4, -0.2) is 27.8 Å². The minimum atomic E-state index is -0.315. The first kappa shape index (κ1) is 13.8. The van der Waals surface area contributed by atoms with Gasteiger partial charge in [-0.3, -0.25) is 4.79 Å². The van der Waals surface area contributed by atoms with Crippen molar-refractivity contribution >= 4 is 0 Å². The molecule has 1 aromatic heterocycles. The Morgan fingerprint density at radius 1 is 1.43 bits per heavy atom. The monoisotopic (exact) mass is 286 g/mol. The number of hydrogen-bond acceptors (Lipinski definition) is 4. The highest BCUT2D eigenvalue weighted by molar-refractivity contribution is 5.70. The Hall–Kier alpha value is -2.14. The molecule has 2 heterocycles. The van der Waals surface area contributed by atoms with Crippen LogP contribution in [0, 0.1) is 6.92 Å². The van der Waals surface area contributed by atoms with Crippen LogP contribution < -0.4 is 5.56 Å². The third kappa shape index (κ3) is 2.83. The van der Waals surface area contributed by atoms with Crippen LogP contribution in [0.15, 0.2) is 29.1 Å². The quantitative estimate of drug-likeness (QED) is 0.906. The first-order valence-electron chi connectivity index (χ1n) is 7.15. The summed E-state index contributed by atoms with van der Waals surface area (Å²) in [5.41, 5.74) is 1.54. The zero-order valence-electron chi connectivity index (χ0n) is 11.9. The summed E-state index contributed by atoms with van der Waals surface area (Å²) < 4.78 is 5.53. The van der Waals surface area contributed by atoms with Crippen molar-refractivity contribution in [1.29, 1.82) is 0 Å². The molecular formula is C16H18N2O3. The molecule has 0 aliphatic carbocycles. The summed E-state index contributed by atoms with van der Waals surface area (Å²) in [5.74, 6) is 0.253. The van der Waals surface area contributed by atoms with Crippen LogP contribution >= 0.6 is 0 Å². The van der Waals surface area contributed by atoms with Gasteiger partial charge in [0.2, 0.25) is 5.88 Å². The molecule has 1 aliphatic heterocycles. The summed E-state index contributed by atoms with van der Waals surface area (Å²) in [5, 5.41) is 10.2. The number of nitrogens with zero attached hydrogens (tertiary/aromatic N) is 1. The minimum absolute atomic E-state index is 0.0804. The molecule has 1 aliphatic rings. The van der Waals surface area contributed by atoms with Gasteiger partial charge in [-0.15, -0.1) is 0 Å². The van der Waals surface area contributed by atoms with Crippen LogP contribution in [0.4, 0.5) is 0 Å². The molecule has 21 heavy (non-hydrogen) atoms. The van der Waals surface area contributed by atoms with Gasteiger partial charge in [0.15, 0.2) is 0 Å². The van der Waals surface area contributed by atoms with E-state index in [1.807, 2.05) is 25.1 Å². The van der Waals surface area contributed by atoms with Crippen molar-refractivity contribution in [2.24, 2.45) is 0 Å². The number of hydrogen-bond donors (Lipinski definition) is 2. The highest BCUT2D eigenvalue weighted by Gasteiger charge is 2.20. The number of aromatic hydroxyl groups is 1. The van der Waals surface area contributed by atoms with Crippen molar-refractivity contribution in [3.05, 3.63) is 46.0 Å². The van der Waals surface area contributed by atoms with Gasteiger partial charge in [0, 0.05) is 13.0 Å². The Balaban J connectivity index is 1.97. The van der Waals surface area contributed by atoms with Crippen LogP contribution in [0.1, 0.15) is 24.2 Å². The summed E-state index contributed by atoms with van der Waals surface area (Å²) in [6.07, 6.45) is 2.60. The molecule has 0 spiro atoms. The molecule has 1 unspecified atom stereocenters. The molecule has 1 saturated heterocycles. The van der Waals surface area contributed by atoms with Gasteiger partial charge in [-0.05, 0) is 30.9 Å². The standard InChI is InChI=1S/C16H18N2O3/c1-10-5-2-3-7-12(10)14-15(19)17-13(18-16(14)20)9-11-6-4-8-21-11/h2-3,5,7,11H,4,6,8-9H2,1H3,(H2,17,18,19,20). The van der Waals surface area contributed by atoms with E-state index in [4.69, 9.17) is 4.74 Å². The Morgan fingerprint density at radius 3 is 2.90 bits per heavy atom. The highest BCUT2D eigenvalue weighted by atomic mass is 16.5. The highest BCUT2D eigenvalue weighted by Crippen LogP contribution is 2.26. The molecular weight excluding hydrogens is 268 g/mol. The van der Waals surface area contributed by atoms with Crippen LogP contribution in [0.3, 0.4) is 0 Å². The Morgan fingerprint density at radius 2 is 2.24 bits per heavy atom. The van der Waals surface area contributed by atoms with E-state index in [0.717, 1.165) is 25.0 Å². The van der Waals surface area contributed by atoms with Crippen LogP contribution in [0.25, 0.3) is 11.1 Å². The normalized spacial score (nSPS) is 18.0. The van der Waals surface area contributed by atoms with E-state index in [1.165, 1.54) is 0 Å². The van der Waals surface area contributed by atoms with E-state index in [2.05, 4.69) is 9.97 Å². The Labute approximate surface area is 122 Å². The summed E-state index contributed by atoms with van der Waals surface area (Å²) in [6.45, 7) is 2.65. The molecule has 0 saturated carbocycles. The molecule has 1 fully saturated rings. The zero-order chi connectivity index (χ0) is 14.8. The lowest BCUT2D eigenvalue weighted by atomic mass is 10.0. The number of benzene rings is 1. The predicted octanol–water partition coefficient (Wildman–Crippen LogP) is 2.17. The summed E-state index contributed by atoms with van der Waals surface area (Å²) in [7, 11) is 0. The fraction of sp³-hybridized carbons (Fsp3) is 0.375. The second kappa shape index (κ2) is 5.69. The summed E-state index contributed by atoms with van der Waals surface area (Å²) in [6, 6.07) is 7.43. The smallest absolute Gasteiger partial charge is 0.262 e. The largest absolute Gasteiger partial charge is 0.493 e. The second-order valence-electron chi connectivity index (χ2n) is 5.37. The number of nitrogens with one attached hydrogen (secondary N) is 1. The van der Waals surface area contributed by atoms with Gasteiger partial charge in [-0.25, -0.2) is 0 Å². The first-order valence-corrected chi connectivity index (χ1v) is 7.15. The lowest BCUT2D eigenvalue weighted by Gasteiger charge is -2.11. The van der Waals surface area contributed by atoms with Crippen molar-refractivity contribution in [1.82, 2.24) is 9.97 Å². The number of aromatic amines is 1. The van der Waals surface area contributed by atoms with E-state index >= 15 is 0 Å². The number of H-pyrrole nitrogens is 1. The van der Waals surface area contributed by atoms with Gasteiger partial charge in [0.1, 0.15) is 11.4 Å². The molecule has 110 valence electrons. The van der Waals surface area contributed by atoms with Crippen molar-refractivity contribution in [3.63, 3.8) is 0 Å². The molecule has 2 aromatic rings. The van der Waals surface area contributed by atoms with Crippen LogP contribution in [-0.2, 0) is 11.2 Å². The number of ether oxygens (including phenoxy) is 1. The minimum Gasteiger partial charge on any atom is -0.493 e. The van der Waals surface area contributed by atoms with Crippen molar-refractivity contribution < 1.29 is 9.84 Å². The molecule has 3 rings (SSSR count). The van der Waals surface area contributed by atoms with Gasteiger partial charge >= 0.3 is 0 Å². The zero-order valence-corrected chi connectivity index (χ0v) is 11.9. The van der Waals surface area contributed by atoms with Gasteiger partial charge in [0.25, 0.3) is 5.56 Å². The van der Waals surface area contributed by atoms with E-state index in [9.17, 15) is 9.90 Å². The maximum absolute atomic E-state index is 12.3. The fourth-order valence-corrected chi connectivity index (χ4v) is 2.72. The molecule has 5 heteroatoms. The molecule has 0 radical (unpaired) electrons.